The molecule has 0 saturated carbocycles. The highest BCUT2D eigenvalue weighted by Crippen LogP contribution is 2.18. The summed E-state index contributed by atoms with van der Waals surface area (Å²) >= 11 is 5.93. The van der Waals surface area contributed by atoms with Crippen LogP contribution in [0.3, 0.4) is 0 Å². The van der Waals surface area contributed by atoms with Crippen molar-refractivity contribution in [2.45, 2.75) is 45.6 Å². The molecule has 2 N–H and O–H groups in total. The Hall–Kier alpha value is -2.12. The van der Waals surface area contributed by atoms with E-state index in [-0.39, 0.29) is 0 Å². The van der Waals surface area contributed by atoms with Gasteiger partial charge in [0.25, 0.3) is 0 Å². The number of likely N-dealkylation sites (tertiary alicyclic amines) is 1. The van der Waals surface area contributed by atoms with Gasteiger partial charge in [-0.05, 0) is 57.0 Å². The number of nitrogens with zero attached hydrogens (tertiary/aromatic N) is 4. The summed E-state index contributed by atoms with van der Waals surface area (Å²) in [7, 11) is 0. The van der Waals surface area contributed by atoms with Crippen molar-refractivity contribution in [2.75, 3.05) is 32.7 Å². The van der Waals surface area contributed by atoms with E-state index in [9.17, 15) is 0 Å². The zero-order valence-electron chi connectivity index (χ0n) is 17.3. The average Bonchev–Trinajstić information content (AvgIpc) is 3.19. The summed E-state index contributed by atoms with van der Waals surface area (Å²) in [5.41, 5.74) is 0.886. The number of nitrogens with one attached hydrogen (secondary N) is 2. The highest BCUT2D eigenvalue weighted by molar-refractivity contribution is 6.30. The third kappa shape index (κ3) is 6.72. The van der Waals surface area contributed by atoms with Gasteiger partial charge in [-0.3, -0.25) is 4.99 Å². The van der Waals surface area contributed by atoms with E-state index in [0.717, 1.165) is 44.0 Å². The van der Waals surface area contributed by atoms with E-state index >= 15 is 0 Å². The van der Waals surface area contributed by atoms with Crippen LogP contribution in [0.2, 0.25) is 5.02 Å². The first kappa shape index (κ1) is 21.6. The van der Waals surface area contributed by atoms with Gasteiger partial charge in [0.2, 0.25) is 11.7 Å². The molecule has 0 unspecified atom stereocenters. The summed E-state index contributed by atoms with van der Waals surface area (Å²) in [4.78, 5) is 11.7. The first-order chi connectivity index (χ1) is 14.2. The Kier molecular flexibility index (Phi) is 8.31. The van der Waals surface area contributed by atoms with Gasteiger partial charge in [-0.25, -0.2) is 0 Å². The Balaban J connectivity index is 1.50. The molecule has 0 aliphatic carbocycles. The molecule has 1 aliphatic rings. The van der Waals surface area contributed by atoms with Crippen LogP contribution >= 0.6 is 11.6 Å². The standard InChI is InChI=1S/C21H31ClN6O/c1-3-13-28-14-10-18(11-15-28)25-21(23-4-2)24-12-9-19-26-20(27-29-19)16-5-7-17(22)8-6-16/h5-8,18H,3-4,9-15H2,1-2H3,(H2,23,24,25). The number of guanidine groups is 1. The highest BCUT2D eigenvalue weighted by Gasteiger charge is 2.19. The molecule has 0 amide bonds. The zero-order valence-corrected chi connectivity index (χ0v) is 18.1. The molecular formula is C21H31ClN6O. The summed E-state index contributed by atoms with van der Waals surface area (Å²) in [6.07, 6.45) is 4.13. The van der Waals surface area contributed by atoms with Crippen LogP contribution in [0.25, 0.3) is 11.4 Å². The second-order valence-corrected chi connectivity index (χ2v) is 7.73. The Bertz CT molecular complexity index is 768. The molecule has 1 fully saturated rings. The molecule has 0 spiro atoms. The third-order valence-electron chi connectivity index (χ3n) is 4.98. The van der Waals surface area contributed by atoms with Crippen LogP contribution in [0.15, 0.2) is 33.8 Å². The molecule has 3 rings (SSSR count). The summed E-state index contributed by atoms with van der Waals surface area (Å²) in [6, 6.07) is 7.87. The van der Waals surface area contributed by atoms with Crippen molar-refractivity contribution in [1.82, 2.24) is 25.7 Å². The number of piperidine rings is 1. The van der Waals surface area contributed by atoms with Crippen LogP contribution < -0.4 is 10.6 Å². The molecular weight excluding hydrogens is 388 g/mol. The highest BCUT2D eigenvalue weighted by atomic mass is 35.5. The lowest BCUT2D eigenvalue weighted by atomic mass is 10.1. The van der Waals surface area contributed by atoms with E-state index < -0.39 is 0 Å². The van der Waals surface area contributed by atoms with E-state index in [2.05, 4.69) is 44.5 Å². The lowest BCUT2D eigenvalue weighted by molar-refractivity contribution is 0.206. The zero-order chi connectivity index (χ0) is 20.5. The van der Waals surface area contributed by atoms with Gasteiger partial charge in [0.15, 0.2) is 5.96 Å². The number of halogens is 1. The lowest BCUT2D eigenvalue weighted by Crippen LogP contribution is -2.48. The maximum Gasteiger partial charge on any atom is 0.228 e. The number of rotatable bonds is 8. The molecule has 1 saturated heterocycles. The van der Waals surface area contributed by atoms with Crippen molar-refractivity contribution in [2.24, 2.45) is 4.99 Å². The van der Waals surface area contributed by atoms with Crippen LogP contribution in [0, 0.1) is 0 Å². The lowest BCUT2D eigenvalue weighted by Gasteiger charge is -2.32. The summed E-state index contributed by atoms with van der Waals surface area (Å²) in [6.45, 7) is 9.25. The van der Waals surface area contributed by atoms with Crippen molar-refractivity contribution >= 4 is 17.6 Å². The Morgan fingerprint density at radius 1 is 1.24 bits per heavy atom. The van der Waals surface area contributed by atoms with Gasteiger partial charge in [-0.1, -0.05) is 23.7 Å². The Labute approximate surface area is 177 Å². The van der Waals surface area contributed by atoms with Crippen LogP contribution in [-0.4, -0.2) is 59.8 Å². The fourth-order valence-electron chi connectivity index (χ4n) is 3.47. The number of hydrogen-bond donors (Lipinski definition) is 2. The van der Waals surface area contributed by atoms with E-state index in [0.29, 0.717) is 35.7 Å². The first-order valence-electron chi connectivity index (χ1n) is 10.5. The van der Waals surface area contributed by atoms with Gasteiger partial charge in [0.1, 0.15) is 0 Å². The number of aliphatic imine (C=N–C) groups is 1. The predicted octanol–water partition coefficient (Wildman–Crippen LogP) is 3.36. The molecule has 1 aromatic carbocycles. The summed E-state index contributed by atoms with van der Waals surface area (Å²) < 4.78 is 5.37. The Morgan fingerprint density at radius 3 is 2.69 bits per heavy atom. The summed E-state index contributed by atoms with van der Waals surface area (Å²) in [5.74, 6) is 2.02. The molecule has 2 heterocycles. The minimum Gasteiger partial charge on any atom is -0.357 e. The van der Waals surface area contributed by atoms with Crippen molar-refractivity contribution in [3.8, 4) is 11.4 Å². The van der Waals surface area contributed by atoms with E-state index in [1.54, 1.807) is 0 Å². The molecule has 2 aromatic rings. The molecule has 0 radical (unpaired) electrons. The maximum atomic E-state index is 5.93. The fraction of sp³-hybridized carbons (Fsp3) is 0.571. The van der Waals surface area contributed by atoms with E-state index in [4.69, 9.17) is 16.1 Å². The van der Waals surface area contributed by atoms with Gasteiger partial charge in [-0.2, -0.15) is 4.98 Å². The van der Waals surface area contributed by atoms with Crippen LogP contribution in [0.5, 0.6) is 0 Å². The molecule has 7 nitrogen and oxygen atoms in total. The minimum atomic E-state index is 0.473. The largest absolute Gasteiger partial charge is 0.357 e. The molecule has 8 heteroatoms. The van der Waals surface area contributed by atoms with Crippen molar-refractivity contribution in [1.29, 1.82) is 0 Å². The predicted molar refractivity (Wildman–Crippen MR) is 117 cm³/mol. The first-order valence-corrected chi connectivity index (χ1v) is 10.9. The van der Waals surface area contributed by atoms with E-state index in [1.807, 2.05) is 24.3 Å². The topological polar surface area (TPSA) is 78.6 Å². The second kappa shape index (κ2) is 11.2. The quantitative estimate of drug-likeness (QED) is 0.505. The summed E-state index contributed by atoms with van der Waals surface area (Å²) in [5, 5.41) is 11.6. The monoisotopic (exact) mass is 418 g/mol. The smallest absolute Gasteiger partial charge is 0.228 e. The van der Waals surface area contributed by atoms with Crippen LogP contribution in [0.4, 0.5) is 0 Å². The van der Waals surface area contributed by atoms with Gasteiger partial charge in [0.05, 0.1) is 6.54 Å². The molecule has 0 bridgehead atoms. The maximum absolute atomic E-state index is 5.93. The van der Waals surface area contributed by atoms with E-state index in [1.165, 1.54) is 13.0 Å². The fourth-order valence-corrected chi connectivity index (χ4v) is 3.59. The van der Waals surface area contributed by atoms with Crippen LogP contribution in [0.1, 0.15) is 39.0 Å². The molecule has 29 heavy (non-hydrogen) atoms. The number of hydrogen-bond acceptors (Lipinski definition) is 5. The molecule has 1 aliphatic heterocycles. The van der Waals surface area contributed by atoms with Gasteiger partial charge >= 0.3 is 0 Å². The third-order valence-corrected chi connectivity index (χ3v) is 5.23. The van der Waals surface area contributed by atoms with Gasteiger partial charge in [-0.15, -0.1) is 0 Å². The minimum absolute atomic E-state index is 0.473. The van der Waals surface area contributed by atoms with Crippen LogP contribution in [-0.2, 0) is 6.42 Å². The van der Waals surface area contributed by atoms with Gasteiger partial charge in [0, 0.05) is 42.7 Å². The normalized spacial score (nSPS) is 16.2. The second-order valence-electron chi connectivity index (χ2n) is 7.29. The average molecular weight is 419 g/mol. The molecule has 0 atom stereocenters. The molecule has 158 valence electrons. The Morgan fingerprint density at radius 2 is 2.00 bits per heavy atom. The van der Waals surface area contributed by atoms with Gasteiger partial charge < -0.3 is 20.1 Å². The number of aromatic nitrogens is 2. The number of benzene rings is 1. The molecule has 1 aromatic heterocycles. The van der Waals surface area contributed by atoms with Crippen molar-refractivity contribution in [3.05, 3.63) is 35.2 Å². The van der Waals surface area contributed by atoms with Crippen molar-refractivity contribution < 1.29 is 4.52 Å². The van der Waals surface area contributed by atoms with Crippen molar-refractivity contribution in [3.63, 3.8) is 0 Å². The SMILES string of the molecule is CCCN1CCC(NC(=NCCc2nc(-c3ccc(Cl)cc3)no2)NCC)CC1.